The van der Waals surface area contributed by atoms with Gasteiger partial charge in [-0.2, -0.15) is 0 Å². The third-order valence-electron chi connectivity index (χ3n) is 3.43. The SMILES string of the molecule is COc1cc2c(c(C)c1OC)CC(C)CC2=O. The largest absolute Gasteiger partial charge is 0.493 e. The highest BCUT2D eigenvalue weighted by molar-refractivity contribution is 5.99. The lowest BCUT2D eigenvalue weighted by molar-refractivity contribution is 0.0952. The minimum atomic E-state index is 0.211. The molecule has 0 aromatic heterocycles. The van der Waals surface area contributed by atoms with Crippen LogP contribution in [0, 0.1) is 12.8 Å². The van der Waals surface area contributed by atoms with E-state index < -0.39 is 0 Å². The number of methoxy groups -OCH3 is 2. The van der Waals surface area contributed by atoms with Crippen molar-refractivity contribution in [2.45, 2.75) is 26.7 Å². The number of rotatable bonds is 2. The molecule has 0 N–H and O–H groups in total. The zero-order chi connectivity index (χ0) is 12.6. The van der Waals surface area contributed by atoms with Gasteiger partial charge in [-0.1, -0.05) is 6.92 Å². The first-order chi connectivity index (χ1) is 8.08. The lowest BCUT2D eigenvalue weighted by atomic mass is 9.81. The molecular weight excluding hydrogens is 216 g/mol. The lowest BCUT2D eigenvalue weighted by Gasteiger charge is -2.24. The number of carbonyl (C=O) groups excluding carboxylic acids is 1. The Bertz CT molecular complexity index is 463. The number of benzene rings is 1. The van der Waals surface area contributed by atoms with Crippen molar-refractivity contribution >= 4 is 5.78 Å². The third kappa shape index (κ3) is 1.90. The van der Waals surface area contributed by atoms with Crippen LogP contribution in [0.15, 0.2) is 6.07 Å². The van der Waals surface area contributed by atoms with Gasteiger partial charge < -0.3 is 9.47 Å². The second-order valence-corrected chi connectivity index (χ2v) is 4.70. The van der Waals surface area contributed by atoms with Gasteiger partial charge in [0.05, 0.1) is 14.2 Å². The molecule has 0 amide bonds. The van der Waals surface area contributed by atoms with Gasteiger partial charge in [-0.25, -0.2) is 0 Å². The van der Waals surface area contributed by atoms with Gasteiger partial charge in [-0.15, -0.1) is 0 Å². The highest BCUT2D eigenvalue weighted by Gasteiger charge is 2.27. The Labute approximate surface area is 102 Å². The van der Waals surface area contributed by atoms with E-state index in [1.807, 2.05) is 13.0 Å². The van der Waals surface area contributed by atoms with Crippen LogP contribution in [-0.2, 0) is 6.42 Å². The van der Waals surface area contributed by atoms with Gasteiger partial charge in [-0.05, 0) is 36.5 Å². The van der Waals surface area contributed by atoms with Crippen LogP contribution in [-0.4, -0.2) is 20.0 Å². The van der Waals surface area contributed by atoms with Crippen molar-refractivity contribution < 1.29 is 14.3 Å². The Morgan fingerprint density at radius 3 is 2.53 bits per heavy atom. The molecule has 0 radical (unpaired) electrons. The Morgan fingerprint density at radius 1 is 1.24 bits per heavy atom. The zero-order valence-corrected chi connectivity index (χ0v) is 10.8. The second-order valence-electron chi connectivity index (χ2n) is 4.70. The summed E-state index contributed by atoms with van der Waals surface area (Å²) in [7, 11) is 3.23. The molecular formula is C14H18O3. The molecule has 1 unspecified atom stereocenters. The summed E-state index contributed by atoms with van der Waals surface area (Å²) in [6.07, 6.45) is 1.56. The van der Waals surface area contributed by atoms with Crippen molar-refractivity contribution in [2.24, 2.45) is 5.92 Å². The molecule has 0 fully saturated rings. The molecule has 0 heterocycles. The average molecular weight is 234 g/mol. The summed E-state index contributed by atoms with van der Waals surface area (Å²) in [4.78, 5) is 12.0. The van der Waals surface area contributed by atoms with Crippen molar-refractivity contribution in [3.8, 4) is 11.5 Å². The summed E-state index contributed by atoms with van der Waals surface area (Å²) in [5, 5.41) is 0. The Balaban J connectivity index is 2.64. The van der Waals surface area contributed by atoms with Crippen molar-refractivity contribution in [1.29, 1.82) is 0 Å². The minimum absolute atomic E-state index is 0.211. The van der Waals surface area contributed by atoms with E-state index in [4.69, 9.17) is 9.47 Å². The Hall–Kier alpha value is -1.51. The minimum Gasteiger partial charge on any atom is -0.493 e. The van der Waals surface area contributed by atoms with Crippen LogP contribution in [0.25, 0.3) is 0 Å². The van der Waals surface area contributed by atoms with Crippen molar-refractivity contribution in [3.63, 3.8) is 0 Å². The quantitative estimate of drug-likeness (QED) is 0.789. The first-order valence-corrected chi connectivity index (χ1v) is 5.86. The molecule has 0 saturated heterocycles. The molecule has 1 atom stereocenters. The number of carbonyl (C=O) groups is 1. The monoisotopic (exact) mass is 234 g/mol. The summed E-state index contributed by atoms with van der Waals surface area (Å²) >= 11 is 0. The number of ether oxygens (including phenoxy) is 2. The van der Waals surface area contributed by atoms with Crippen molar-refractivity contribution in [1.82, 2.24) is 0 Å². The number of ketones is 1. The lowest BCUT2D eigenvalue weighted by Crippen LogP contribution is -2.19. The molecule has 1 aromatic carbocycles. The van der Waals surface area contributed by atoms with E-state index in [1.165, 1.54) is 0 Å². The smallest absolute Gasteiger partial charge is 0.163 e. The van der Waals surface area contributed by atoms with E-state index in [-0.39, 0.29) is 5.78 Å². The maximum absolute atomic E-state index is 12.0. The molecule has 1 aliphatic rings. The Morgan fingerprint density at radius 2 is 1.94 bits per heavy atom. The average Bonchev–Trinajstić information content (AvgIpc) is 2.30. The number of hydrogen-bond donors (Lipinski definition) is 0. The van der Waals surface area contributed by atoms with Gasteiger partial charge in [0.2, 0.25) is 0 Å². The van der Waals surface area contributed by atoms with Crippen molar-refractivity contribution in [3.05, 3.63) is 22.8 Å². The van der Waals surface area contributed by atoms with Gasteiger partial charge in [0.1, 0.15) is 0 Å². The standard InChI is InChI=1S/C14H18O3/c1-8-5-10-9(2)14(17-4)13(16-3)7-11(10)12(15)6-8/h7-8H,5-6H2,1-4H3. The normalized spacial score (nSPS) is 18.8. The van der Waals surface area contributed by atoms with Crippen LogP contribution in [0.5, 0.6) is 11.5 Å². The summed E-state index contributed by atoms with van der Waals surface area (Å²) in [5.41, 5.74) is 2.95. The highest BCUT2D eigenvalue weighted by atomic mass is 16.5. The molecule has 0 aliphatic heterocycles. The van der Waals surface area contributed by atoms with Crippen LogP contribution < -0.4 is 9.47 Å². The summed E-state index contributed by atoms with van der Waals surface area (Å²) in [6.45, 7) is 4.10. The van der Waals surface area contributed by atoms with Crippen molar-refractivity contribution in [2.75, 3.05) is 14.2 Å². The molecule has 0 spiro atoms. The molecule has 3 heteroatoms. The van der Waals surface area contributed by atoms with E-state index in [9.17, 15) is 4.79 Å². The van der Waals surface area contributed by atoms with Gasteiger partial charge in [0, 0.05) is 12.0 Å². The van der Waals surface area contributed by atoms with E-state index >= 15 is 0 Å². The first kappa shape index (κ1) is 12.0. The second kappa shape index (κ2) is 4.40. The maximum atomic E-state index is 12.0. The van der Waals surface area contributed by atoms with E-state index in [0.29, 0.717) is 18.1 Å². The maximum Gasteiger partial charge on any atom is 0.163 e. The molecule has 0 saturated carbocycles. The van der Waals surface area contributed by atoms with Gasteiger partial charge in [0.15, 0.2) is 17.3 Å². The fourth-order valence-corrected chi connectivity index (χ4v) is 2.57. The van der Waals surface area contributed by atoms with Gasteiger partial charge in [-0.3, -0.25) is 4.79 Å². The van der Waals surface area contributed by atoms with Crippen LogP contribution in [0.3, 0.4) is 0 Å². The van der Waals surface area contributed by atoms with Crippen LogP contribution in [0.1, 0.15) is 34.8 Å². The summed E-state index contributed by atoms with van der Waals surface area (Å²) < 4.78 is 10.6. The van der Waals surface area contributed by atoms with E-state index in [0.717, 1.165) is 28.9 Å². The summed E-state index contributed by atoms with van der Waals surface area (Å²) in [6, 6.07) is 1.81. The first-order valence-electron chi connectivity index (χ1n) is 5.86. The predicted octanol–water partition coefficient (Wildman–Crippen LogP) is 2.78. The Kier molecular flexibility index (Phi) is 3.09. The van der Waals surface area contributed by atoms with E-state index in [2.05, 4.69) is 6.92 Å². The third-order valence-corrected chi connectivity index (χ3v) is 3.43. The van der Waals surface area contributed by atoms with Crippen LogP contribution in [0.2, 0.25) is 0 Å². The molecule has 2 rings (SSSR count). The number of Topliss-reactive ketones (excluding diaryl/α,β-unsaturated/α-hetero) is 1. The molecule has 1 aromatic rings. The molecule has 0 bridgehead atoms. The van der Waals surface area contributed by atoms with Crippen LogP contribution >= 0.6 is 0 Å². The van der Waals surface area contributed by atoms with Gasteiger partial charge in [0.25, 0.3) is 0 Å². The van der Waals surface area contributed by atoms with Gasteiger partial charge >= 0.3 is 0 Å². The van der Waals surface area contributed by atoms with Crippen LogP contribution in [0.4, 0.5) is 0 Å². The van der Waals surface area contributed by atoms with E-state index in [1.54, 1.807) is 14.2 Å². The zero-order valence-electron chi connectivity index (χ0n) is 10.8. The molecule has 1 aliphatic carbocycles. The summed E-state index contributed by atoms with van der Waals surface area (Å²) in [5.74, 6) is 2.01. The number of fused-ring (bicyclic) bond motifs is 1. The topological polar surface area (TPSA) is 35.5 Å². The fourth-order valence-electron chi connectivity index (χ4n) is 2.57. The fraction of sp³-hybridized carbons (Fsp3) is 0.500. The highest BCUT2D eigenvalue weighted by Crippen LogP contribution is 2.39. The molecule has 17 heavy (non-hydrogen) atoms. The predicted molar refractivity (Wildman–Crippen MR) is 66.1 cm³/mol. The molecule has 92 valence electrons. The molecule has 3 nitrogen and oxygen atoms in total. The number of hydrogen-bond acceptors (Lipinski definition) is 3.